The van der Waals surface area contributed by atoms with E-state index in [1.165, 1.54) is 30.3 Å². The second-order valence-corrected chi connectivity index (χ2v) is 10.1. The Morgan fingerprint density at radius 3 is 2.31 bits per heavy atom. The molecule has 0 bridgehead atoms. The number of halogens is 3. The van der Waals surface area contributed by atoms with Crippen molar-refractivity contribution >= 4 is 21.6 Å². The van der Waals surface area contributed by atoms with Gasteiger partial charge in [0.2, 0.25) is 15.9 Å². The summed E-state index contributed by atoms with van der Waals surface area (Å²) in [4.78, 5) is 12.7. The number of hydrogen-bond donors (Lipinski definition) is 2. The Kier molecular flexibility index (Phi) is 6.86. The van der Waals surface area contributed by atoms with Crippen molar-refractivity contribution in [3.8, 4) is 16.9 Å². The van der Waals surface area contributed by atoms with E-state index in [1.54, 1.807) is 43.3 Å². The third-order valence-electron chi connectivity index (χ3n) is 5.41. The molecule has 0 unspecified atom stereocenters. The fourth-order valence-corrected chi connectivity index (χ4v) is 4.92. The summed E-state index contributed by atoms with van der Waals surface area (Å²) >= 11 is 0. The minimum Gasteiger partial charge on any atom is -0.405 e. The van der Waals surface area contributed by atoms with Gasteiger partial charge in [0.1, 0.15) is 5.75 Å². The van der Waals surface area contributed by atoms with Crippen LogP contribution in [-0.2, 0) is 21.2 Å². The van der Waals surface area contributed by atoms with E-state index >= 15 is 0 Å². The number of rotatable bonds is 8. The van der Waals surface area contributed by atoms with E-state index in [2.05, 4.69) is 14.8 Å². The van der Waals surface area contributed by atoms with E-state index in [1.807, 2.05) is 0 Å². The van der Waals surface area contributed by atoms with Gasteiger partial charge in [-0.1, -0.05) is 36.4 Å². The number of hydrogen-bond acceptors (Lipinski definition) is 4. The lowest BCUT2D eigenvalue weighted by molar-refractivity contribution is -0.274. The Balaban J connectivity index is 1.42. The molecule has 35 heavy (non-hydrogen) atoms. The Morgan fingerprint density at radius 1 is 1.00 bits per heavy atom. The fraction of sp³-hybridized carbons (Fsp3) is 0.240. The van der Waals surface area contributed by atoms with Crippen molar-refractivity contribution < 1.29 is 31.1 Å². The quantitative estimate of drug-likeness (QED) is 0.443. The third kappa shape index (κ3) is 6.61. The lowest BCUT2D eigenvalue weighted by Crippen LogP contribution is -2.25. The maximum absolute atomic E-state index is 12.8. The van der Waals surface area contributed by atoms with Crippen LogP contribution in [0, 0.1) is 6.92 Å². The number of sulfonamides is 1. The van der Waals surface area contributed by atoms with Crippen molar-refractivity contribution in [1.29, 1.82) is 0 Å². The van der Waals surface area contributed by atoms with E-state index in [4.69, 9.17) is 0 Å². The van der Waals surface area contributed by atoms with E-state index < -0.39 is 16.4 Å². The zero-order chi connectivity index (χ0) is 25.2. The monoisotopic (exact) mass is 504 g/mol. The average Bonchev–Trinajstić information content (AvgIpc) is 3.57. The van der Waals surface area contributed by atoms with Gasteiger partial charge in [-0.3, -0.25) is 4.79 Å². The predicted molar refractivity (Wildman–Crippen MR) is 125 cm³/mol. The van der Waals surface area contributed by atoms with Gasteiger partial charge in [0.05, 0.1) is 11.3 Å². The summed E-state index contributed by atoms with van der Waals surface area (Å²) in [6.07, 6.45) is -3.11. The van der Waals surface area contributed by atoms with Crippen molar-refractivity contribution in [2.45, 2.75) is 43.5 Å². The second-order valence-electron chi connectivity index (χ2n) is 8.34. The number of amides is 1. The smallest absolute Gasteiger partial charge is 0.405 e. The van der Waals surface area contributed by atoms with Gasteiger partial charge in [-0.05, 0) is 66.8 Å². The van der Waals surface area contributed by atoms with E-state index in [0.717, 1.165) is 12.8 Å². The first-order chi connectivity index (χ1) is 16.5. The molecule has 2 N–H and O–H groups in total. The van der Waals surface area contributed by atoms with Gasteiger partial charge < -0.3 is 10.1 Å². The largest absolute Gasteiger partial charge is 0.573 e. The summed E-state index contributed by atoms with van der Waals surface area (Å²) in [5.41, 5.74) is 2.60. The van der Waals surface area contributed by atoms with Crippen LogP contribution >= 0.6 is 0 Å². The highest BCUT2D eigenvalue weighted by Crippen LogP contribution is 2.36. The molecular formula is C25H23F3N2O4S. The van der Waals surface area contributed by atoms with E-state index in [9.17, 15) is 26.4 Å². The van der Waals surface area contributed by atoms with Crippen LogP contribution < -0.4 is 14.8 Å². The van der Waals surface area contributed by atoms with Crippen LogP contribution in [0.5, 0.6) is 5.75 Å². The predicted octanol–water partition coefficient (Wildman–Crippen LogP) is 5.18. The van der Waals surface area contributed by atoms with Crippen LogP contribution in [0.25, 0.3) is 11.1 Å². The summed E-state index contributed by atoms with van der Waals surface area (Å²) in [5, 5.41) is 2.76. The van der Waals surface area contributed by atoms with Gasteiger partial charge in [-0.25, -0.2) is 13.1 Å². The number of benzene rings is 3. The minimum absolute atomic E-state index is 0.00550. The number of carbonyl (C=O) groups excluding carboxylic acids is 1. The van der Waals surface area contributed by atoms with Crippen LogP contribution in [-0.4, -0.2) is 26.7 Å². The maximum Gasteiger partial charge on any atom is 0.573 e. The van der Waals surface area contributed by atoms with Crippen LogP contribution in [0.3, 0.4) is 0 Å². The number of ether oxygens (including phenoxy) is 1. The Hall–Kier alpha value is -3.37. The molecule has 1 fully saturated rings. The molecule has 1 saturated carbocycles. The van der Waals surface area contributed by atoms with Crippen molar-refractivity contribution in [2.75, 3.05) is 5.32 Å². The van der Waals surface area contributed by atoms with Gasteiger partial charge in [0, 0.05) is 17.3 Å². The zero-order valence-corrected chi connectivity index (χ0v) is 19.5. The molecule has 0 radical (unpaired) electrons. The third-order valence-corrected chi connectivity index (χ3v) is 6.95. The lowest BCUT2D eigenvalue weighted by atomic mass is 9.99. The number of carbonyl (C=O) groups is 1. The number of aryl methyl sites for hydroxylation is 1. The molecule has 0 aliphatic heterocycles. The maximum atomic E-state index is 12.8. The fourth-order valence-electron chi connectivity index (χ4n) is 3.61. The molecule has 0 spiro atoms. The summed E-state index contributed by atoms with van der Waals surface area (Å²) in [6, 6.07) is 16.9. The molecular weight excluding hydrogens is 481 g/mol. The molecule has 1 aliphatic rings. The SMILES string of the molecule is Cc1cc(NC(=O)Cc2ccc(S(=O)(=O)NC3CC3)cc2)ccc1-c1ccccc1OC(F)(F)F. The number of nitrogens with one attached hydrogen (secondary N) is 2. The average molecular weight is 505 g/mol. The molecule has 3 aromatic rings. The van der Waals surface area contributed by atoms with Gasteiger partial charge in [-0.15, -0.1) is 13.2 Å². The van der Waals surface area contributed by atoms with Crippen molar-refractivity contribution in [3.05, 3.63) is 77.9 Å². The molecule has 0 saturated heterocycles. The molecule has 10 heteroatoms. The summed E-state index contributed by atoms with van der Waals surface area (Å²) in [7, 11) is -3.56. The number of anilines is 1. The molecule has 1 aliphatic carbocycles. The standard InChI is InChI=1S/C25H23F3N2O4S/c1-16-14-19(10-13-21(16)22-4-2-3-5-23(22)34-25(26,27)28)29-24(31)15-17-6-11-20(12-7-17)35(32,33)30-18-8-9-18/h2-7,10-14,18,30H,8-9,15H2,1H3,(H,29,31). The first-order valence-corrected chi connectivity index (χ1v) is 12.4. The molecule has 3 aromatic carbocycles. The van der Waals surface area contributed by atoms with Gasteiger partial charge >= 0.3 is 6.36 Å². The zero-order valence-electron chi connectivity index (χ0n) is 18.7. The highest BCUT2D eigenvalue weighted by molar-refractivity contribution is 7.89. The molecule has 0 atom stereocenters. The summed E-state index contributed by atoms with van der Waals surface area (Å²) in [6.45, 7) is 1.73. The Bertz CT molecular complexity index is 1340. The van der Waals surface area contributed by atoms with Crippen molar-refractivity contribution in [1.82, 2.24) is 4.72 Å². The Morgan fingerprint density at radius 2 is 1.69 bits per heavy atom. The van der Waals surface area contributed by atoms with Crippen LogP contribution in [0.1, 0.15) is 24.0 Å². The van der Waals surface area contributed by atoms with Crippen LogP contribution in [0.2, 0.25) is 0 Å². The van der Waals surface area contributed by atoms with Gasteiger partial charge in [0.15, 0.2) is 0 Å². The molecule has 1 amide bonds. The number of para-hydroxylation sites is 1. The van der Waals surface area contributed by atoms with Crippen molar-refractivity contribution in [2.24, 2.45) is 0 Å². The first-order valence-electron chi connectivity index (χ1n) is 10.9. The highest BCUT2D eigenvalue weighted by atomic mass is 32.2. The normalized spacial score (nSPS) is 13.9. The van der Waals surface area contributed by atoms with Crippen molar-refractivity contribution in [3.63, 3.8) is 0 Å². The first kappa shape index (κ1) is 24.7. The highest BCUT2D eigenvalue weighted by Gasteiger charge is 2.32. The molecule has 0 heterocycles. The Labute approximate surface area is 201 Å². The van der Waals surface area contributed by atoms with Gasteiger partial charge in [0.25, 0.3) is 0 Å². The molecule has 6 nitrogen and oxygen atoms in total. The molecule has 4 rings (SSSR count). The van der Waals surface area contributed by atoms with E-state index in [-0.39, 0.29) is 34.6 Å². The number of alkyl halides is 3. The topological polar surface area (TPSA) is 84.5 Å². The lowest BCUT2D eigenvalue weighted by Gasteiger charge is -2.15. The molecule has 184 valence electrons. The molecule has 0 aromatic heterocycles. The minimum atomic E-state index is -4.81. The van der Waals surface area contributed by atoms with Gasteiger partial charge in [-0.2, -0.15) is 0 Å². The summed E-state index contributed by atoms with van der Waals surface area (Å²) in [5.74, 6) is -0.623. The second kappa shape index (κ2) is 9.71. The van der Waals surface area contributed by atoms with E-state index in [0.29, 0.717) is 22.4 Å². The summed E-state index contributed by atoms with van der Waals surface area (Å²) < 4.78 is 69.5. The van der Waals surface area contributed by atoms with Crippen LogP contribution in [0.15, 0.2) is 71.6 Å². The van der Waals surface area contributed by atoms with Crippen LogP contribution in [0.4, 0.5) is 18.9 Å².